The second kappa shape index (κ2) is 13.2. The molecule has 23 heavy (non-hydrogen) atoms. The summed E-state index contributed by atoms with van der Waals surface area (Å²) >= 11 is 3.38. The first-order valence-electron chi connectivity index (χ1n) is 6.11. The van der Waals surface area contributed by atoms with Gasteiger partial charge in [0.1, 0.15) is 19.4 Å². The van der Waals surface area contributed by atoms with Crippen LogP contribution in [-0.4, -0.2) is 49.3 Å². The fraction of sp³-hybridized carbons (Fsp3) is 0.214. The van der Waals surface area contributed by atoms with Gasteiger partial charge in [0.25, 0.3) is 5.71 Å². The van der Waals surface area contributed by atoms with Crippen molar-refractivity contribution in [3.8, 4) is 0 Å². The molecule has 9 heteroatoms. The van der Waals surface area contributed by atoms with Crippen LogP contribution in [0.4, 0.5) is 5.82 Å². The summed E-state index contributed by atoms with van der Waals surface area (Å²) in [5, 5.41) is 2.66. The Morgan fingerprint density at radius 3 is 2.26 bits per heavy atom. The van der Waals surface area contributed by atoms with E-state index < -0.39 is 0 Å². The number of amides is 1. The Bertz CT molecular complexity index is 623. The molecule has 124 valence electrons. The topological polar surface area (TPSA) is 129 Å². The first-order valence-corrected chi connectivity index (χ1v) is 6.91. The molecule has 1 aliphatic rings. The van der Waals surface area contributed by atoms with E-state index in [0.29, 0.717) is 17.4 Å². The first-order chi connectivity index (χ1) is 11.1. The number of aromatic nitrogens is 1. The highest BCUT2D eigenvalue weighted by molar-refractivity contribution is 9.10. The van der Waals surface area contributed by atoms with Gasteiger partial charge in [0.05, 0.1) is 6.92 Å². The van der Waals surface area contributed by atoms with E-state index in [0.717, 1.165) is 10.0 Å². The third kappa shape index (κ3) is 7.91. The number of hydrogen-bond donors (Lipinski definition) is 2. The standard InChI is InChI=1S/C11H9BrN4O.CH5N.2CH2O/c1-6-4-14-10(3-8(6)12)16-11(17)9-5-13-7(2)15-9;3*1-2/h3-5H,1-2H3;2H2,1H3;2*1H2/p+1. The molecule has 3 N–H and O–H groups in total. The molecule has 0 radical (unpaired) electrons. The lowest BCUT2D eigenvalue weighted by Crippen LogP contribution is -2.24. The average Bonchev–Trinajstić information content (AvgIpc) is 3.03. The molecule has 0 bridgehead atoms. The van der Waals surface area contributed by atoms with Crippen molar-refractivity contribution in [2.75, 3.05) is 12.4 Å². The van der Waals surface area contributed by atoms with Gasteiger partial charge in [0.2, 0.25) is 6.21 Å². The molecule has 8 nitrogen and oxygen atoms in total. The maximum absolute atomic E-state index is 11.8. The van der Waals surface area contributed by atoms with Crippen LogP contribution in [0.1, 0.15) is 12.5 Å². The summed E-state index contributed by atoms with van der Waals surface area (Å²) < 4.78 is 4.81. The molecule has 1 aliphatic heterocycles. The lowest BCUT2D eigenvalue weighted by Gasteiger charge is -2.02. The number of amidine groups is 1. The molecule has 1 aromatic heterocycles. The maximum atomic E-state index is 11.8. The van der Waals surface area contributed by atoms with Crippen molar-refractivity contribution < 1.29 is 14.4 Å². The number of halogens is 1. The number of nitrogens with two attached hydrogens (primary N) is 1. The Labute approximate surface area is 142 Å². The first kappa shape index (κ1) is 22.8. The molecule has 1 aromatic rings. The molecule has 0 atom stereocenters. The lowest BCUT2D eigenvalue weighted by atomic mass is 10.3. The van der Waals surface area contributed by atoms with E-state index in [1.807, 2.05) is 20.5 Å². The fourth-order valence-corrected chi connectivity index (χ4v) is 1.56. The largest absolute Gasteiger partial charge is 0.387 e. The number of aryl methyl sites for hydroxylation is 1. The summed E-state index contributed by atoms with van der Waals surface area (Å²) in [4.78, 5) is 35.8. The highest BCUT2D eigenvalue weighted by Gasteiger charge is 2.23. The molecular weight excluding hydrogens is 366 g/mol. The number of carbonyl (C=O) groups excluding carboxylic acids is 3. The molecule has 0 fully saturated rings. The summed E-state index contributed by atoms with van der Waals surface area (Å²) in [6.45, 7) is 7.66. The molecule has 0 saturated carbocycles. The van der Waals surface area contributed by atoms with E-state index in [4.69, 9.17) is 9.59 Å². The van der Waals surface area contributed by atoms with Crippen LogP contribution in [0.25, 0.3) is 0 Å². The van der Waals surface area contributed by atoms with Crippen LogP contribution >= 0.6 is 15.9 Å². The number of aliphatic imine (C=N–C) groups is 1. The number of rotatable bonds is 2. The van der Waals surface area contributed by atoms with Crippen LogP contribution < -0.4 is 15.7 Å². The Morgan fingerprint density at radius 1 is 1.26 bits per heavy atom. The van der Waals surface area contributed by atoms with E-state index in [1.165, 1.54) is 13.3 Å². The van der Waals surface area contributed by atoms with Gasteiger partial charge in [-0.15, -0.1) is 0 Å². The van der Waals surface area contributed by atoms with Crippen LogP contribution in [-0.2, 0) is 14.4 Å². The van der Waals surface area contributed by atoms with Gasteiger partial charge < -0.3 is 20.6 Å². The predicted molar refractivity (Wildman–Crippen MR) is 96.0 cm³/mol. The minimum Gasteiger partial charge on any atom is -0.333 e. The highest BCUT2D eigenvalue weighted by Crippen LogP contribution is 2.17. The summed E-state index contributed by atoms with van der Waals surface area (Å²) in [6.07, 6.45) is 3.12. The summed E-state index contributed by atoms with van der Waals surface area (Å²) in [6, 6.07) is 1.75. The Balaban J connectivity index is 0. The monoisotopic (exact) mass is 384 g/mol. The van der Waals surface area contributed by atoms with E-state index in [2.05, 4.69) is 41.6 Å². The number of nitrogens with one attached hydrogen (secondary N) is 1. The maximum Gasteiger partial charge on any atom is 0.387 e. The van der Waals surface area contributed by atoms with E-state index >= 15 is 0 Å². The molecule has 0 saturated heterocycles. The third-order valence-electron chi connectivity index (χ3n) is 2.17. The van der Waals surface area contributed by atoms with Crippen molar-refractivity contribution in [3.63, 3.8) is 0 Å². The molecule has 2 heterocycles. The lowest BCUT2D eigenvalue weighted by molar-refractivity contribution is -0.110. The van der Waals surface area contributed by atoms with Crippen molar-refractivity contribution in [1.29, 1.82) is 0 Å². The fourth-order valence-electron chi connectivity index (χ4n) is 1.24. The second-order valence-corrected chi connectivity index (χ2v) is 4.43. The number of nitrogens with zero attached hydrogens (tertiary/aromatic N) is 3. The third-order valence-corrected chi connectivity index (χ3v) is 3.02. The molecule has 0 spiro atoms. The van der Waals surface area contributed by atoms with E-state index in [1.54, 1.807) is 19.2 Å². The molecular formula is C14H19BrN5O3+. The summed E-state index contributed by atoms with van der Waals surface area (Å²) in [5.74, 6) is 0.746. The van der Waals surface area contributed by atoms with Gasteiger partial charge in [-0.25, -0.2) is 9.65 Å². The summed E-state index contributed by atoms with van der Waals surface area (Å²) in [5.41, 5.74) is 5.80. The summed E-state index contributed by atoms with van der Waals surface area (Å²) in [7, 11) is 1.50. The highest BCUT2D eigenvalue weighted by atomic mass is 79.9. The van der Waals surface area contributed by atoms with E-state index in [-0.39, 0.29) is 5.91 Å². The van der Waals surface area contributed by atoms with Crippen LogP contribution in [0.15, 0.2) is 21.7 Å². The van der Waals surface area contributed by atoms with Crippen LogP contribution in [0, 0.1) is 6.92 Å². The Hall–Kier alpha value is -2.48. The van der Waals surface area contributed by atoms with Crippen LogP contribution in [0.5, 0.6) is 0 Å². The Kier molecular flexibility index (Phi) is 13.1. The minimum absolute atomic E-state index is 0.293. The smallest absolute Gasteiger partial charge is 0.333 e. The van der Waals surface area contributed by atoms with Crippen molar-refractivity contribution in [1.82, 2.24) is 9.65 Å². The number of pyridine rings is 1. The van der Waals surface area contributed by atoms with Crippen molar-refractivity contribution in [2.24, 2.45) is 10.7 Å². The Morgan fingerprint density at radius 2 is 1.83 bits per heavy atom. The van der Waals surface area contributed by atoms with Crippen molar-refractivity contribution >= 4 is 59.0 Å². The van der Waals surface area contributed by atoms with Gasteiger partial charge in [-0.3, -0.25) is 4.79 Å². The normalized spacial score (nSPS) is 10.5. The second-order valence-electron chi connectivity index (χ2n) is 3.58. The van der Waals surface area contributed by atoms with Crippen LogP contribution in [0.3, 0.4) is 0 Å². The van der Waals surface area contributed by atoms with E-state index in [9.17, 15) is 4.79 Å². The minimum atomic E-state index is -0.311. The molecule has 0 aromatic carbocycles. The van der Waals surface area contributed by atoms with Gasteiger partial charge in [-0.05, 0) is 30.6 Å². The van der Waals surface area contributed by atoms with Crippen molar-refractivity contribution in [2.45, 2.75) is 13.8 Å². The zero-order chi connectivity index (χ0) is 18.4. The van der Waals surface area contributed by atoms with Gasteiger partial charge in [-0.2, -0.15) is 0 Å². The quantitative estimate of drug-likeness (QED) is 0.708. The number of anilines is 1. The molecule has 2 rings (SSSR count). The number of carbonyl (C=O) groups is 3. The SMILES string of the molecule is C=O.C=O.CC1=[N+]=CC(C(=O)Nc2cc(Br)c(C)cn2)=N1.CN. The van der Waals surface area contributed by atoms with Gasteiger partial charge in [-0.1, -0.05) is 15.9 Å². The van der Waals surface area contributed by atoms with Gasteiger partial charge >= 0.3 is 11.7 Å². The van der Waals surface area contributed by atoms with Gasteiger partial charge in [0, 0.05) is 10.7 Å². The number of hydrogen-bond acceptors (Lipinski definition) is 6. The van der Waals surface area contributed by atoms with Crippen LogP contribution in [0.2, 0.25) is 0 Å². The predicted octanol–water partition coefficient (Wildman–Crippen LogP) is 0.307. The zero-order valence-corrected chi connectivity index (χ0v) is 14.8. The molecule has 0 aliphatic carbocycles. The molecule has 1 amide bonds. The molecule has 0 unspecified atom stereocenters. The average molecular weight is 385 g/mol. The van der Waals surface area contributed by atoms with Gasteiger partial charge in [0.15, 0.2) is 0 Å². The van der Waals surface area contributed by atoms with Crippen molar-refractivity contribution in [3.05, 3.63) is 22.3 Å². The zero-order valence-electron chi connectivity index (χ0n) is 13.2.